The molecule has 21 heavy (non-hydrogen) atoms. The average molecular weight is 322 g/mol. The molecular weight excluding hydrogens is 309 g/mol. The summed E-state index contributed by atoms with van der Waals surface area (Å²) in [5.41, 5.74) is 4.39. The Balaban J connectivity index is 2.12. The first-order chi connectivity index (χ1) is 9.58. The molecule has 0 aromatic heterocycles. The largest absolute Gasteiger partial charge is 0.416 e. The van der Waals surface area contributed by atoms with E-state index in [-0.39, 0.29) is 29.3 Å². The molecule has 0 saturated carbocycles. The van der Waals surface area contributed by atoms with Crippen LogP contribution >= 0.6 is 0 Å². The Labute approximate surface area is 119 Å². The predicted molar refractivity (Wildman–Crippen MR) is 71.2 cm³/mol. The van der Waals surface area contributed by atoms with E-state index in [0.717, 1.165) is 18.2 Å². The van der Waals surface area contributed by atoms with E-state index in [1.807, 2.05) is 0 Å². The molecule has 1 aliphatic rings. The van der Waals surface area contributed by atoms with Gasteiger partial charge in [0.1, 0.15) is 0 Å². The van der Waals surface area contributed by atoms with Crippen LogP contribution in [0.1, 0.15) is 12.0 Å². The maximum Gasteiger partial charge on any atom is 0.416 e. The molecule has 1 aromatic carbocycles. The lowest BCUT2D eigenvalue weighted by atomic mass is 10.1. The van der Waals surface area contributed by atoms with Crippen LogP contribution in [0, 0.1) is 5.92 Å². The van der Waals surface area contributed by atoms with E-state index in [0.29, 0.717) is 0 Å². The summed E-state index contributed by atoms with van der Waals surface area (Å²) in [6, 6.07) is 2.58. The minimum atomic E-state index is -4.52. The molecule has 1 aliphatic heterocycles. The van der Waals surface area contributed by atoms with Crippen molar-refractivity contribution in [3.8, 4) is 0 Å². The van der Waals surface area contributed by atoms with E-state index >= 15 is 0 Å². The summed E-state index contributed by atoms with van der Waals surface area (Å²) in [4.78, 5) is 11.9. The number of nitrogens with two attached hydrogens (primary N) is 1. The summed E-state index contributed by atoms with van der Waals surface area (Å²) in [6.07, 6.45) is -4.31. The van der Waals surface area contributed by atoms with Gasteiger partial charge in [-0.1, -0.05) is 0 Å². The Bertz CT molecular complexity index is 671. The Hall–Kier alpha value is -1.77. The average Bonchev–Trinajstić information content (AvgIpc) is 2.71. The molecule has 0 aliphatic carbocycles. The van der Waals surface area contributed by atoms with Crippen LogP contribution in [0.4, 0.5) is 24.5 Å². The lowest BCUT2D eigenvalue weighted by Crippen LogP contribution is -2.24. The number of carbonyl (C=O) groups is 1. The normalized spacial score (nSPS) is 21.2. The van der Waals surface area contributed by atoms with Crippen molar-refractivity contribution in [3.63, 3.8) is 0 Å². The number of alkyl halides is 3. The van der Waals surface area contributed by atoms with Crippen LogP contribution in [0.2, 0.25) is 0 Å². The molecule has 0 radical (unpaired) electrons. The zero-order valence-electron chi connectivity index (χ0n) is 10.8. The highest BCUT2D eigenvalue weighted by molar-refractivity contribution is 7.91. The second-order valence-corrected chi connectivity index (χ2v) is 7.12. The van der Waals surface area contributed by atoms with Gasteiger partial charge >= 0.3 is 6.18 Å². The van der Waals surface area contributed by atoms with E-state index in [9.17, 15) is 26.4 Å². The van der Waals surface area contributed by atoms with Crippen LogP contribution in [-0.4, -0.2) is 25.8 Å². The predicted octanol–water partition coefficient (Wildman–Crippen LogP) is 1.66. The maximum absolute atomic E-state index is 12.5. The number of benzene rings is 1. The molecule has 1 atom stereocenters. The van der Waals surface area contributed by atoms with Gasteiger partial charge in [0.25, 0.3) is 0 Å². The Morgan fingerprint density at radius 1 is 1.33 bits per heavy atom. The van der Waals surface area contributed by atoms with Gasteiger partial charge < -0.3 is 11.1 Å². The fourth-order valence-electron chi connectivity index (χ4n) is 2.09. The van der Waals surface area contributed by atoms with Gasteiger partial charge in [0.05, 0.1) is 34.4 Å². The highest BCUT2D eigenvalue weighted by Gasteiger charge is 2.34. The number of sulfone groups is 1. The number of carbonyl (C=O) groups excluding carboxylic acids is 1. The van der Waals surface area contributed by atoms with Gasteiger partial charge in [0.15, 0.2) is 9.84 Å². The smallest absolute Gasteiger partial charge is 0.397 e. The van der Waals surface area contributed by atoms with Crippen LogP contribution in [-0.2, 0) is 20.8 Å². The summed E-state index contributed by atoms with van der Waals surface area (Å²) < 4.78 is 60.0. The van der Waals surface area contributed by atoms with Crippen molar-refractivity contribution in [2.75, 3.05) is 22.6 Å². The summed E-state index contributed by atoms with van der Waals surface area (Å²) in [5, 5.41) is 2.37. The molecular formula is C12H13F3N2O3S. The number of rotatable bonds is 2. The van der Waals surface area contributed by atoms with Gasteiger partial charge in [-0.3, -0.25) is 4.79 Å². The van der Waals surface area contributed by atoms with Crippen molar-refractivity contribution >= 4 is 27.1 Å². The summed E-state index contributed by atoms with van der Waals surface area (Å²) in [5.74, 6) is -1.56. The van der Waals surface area contributed by atoms with E-state index in [1.165, 1.54) is 0 Å². The first kappa shape index (κ1) is 15.6. The lowest BCUT2D eigenvalue weighted by molar-refractivity contribution is -0.137. The number of nitrogen functional groups attached to an aromatic ring is 1. The molecule has 1 heterocycles. The Kier molecular flexibility index (Phi) is 3.87. The van der Waals surface area contributed by atoms with Crippen LogP contribution in [0.15, 0.2) is 18.2 Å². The molecule has 2 rings (SSSR count). The molecule has 1 unspecified atom stereocenters. The quantitative estimate of drug-likeness (QED) is 0.811. The molecule has 0 bridgehead atoms. The van der Waals surface area contributed by atoms with Crippen molar-refractivity contribution in [3.05, 3.63) is 23.8 Å². The molecule has 3 N–H and O–H groups in total. The van der Waals surface area contributed by atoms with Crippen LogP contribution in [0.5, 0.6) is 0 Å². The zero-order valence-corrected chi connectivity index (χ0v) is 11.6. The fourth-order valence-corrected chi connectivity index (χ4v) is 3.83. The van der Waals surface area contributed by atoms with Crippen LogP contribution in [0.3, 0.4) is 0 Å². The standard InChI is InChI=1S/C12H13F3N2O3S/c13-12(14,15)8-1-2-10(9(16)5-8)17-11(18)7-3-4-21(19,20)6-7/h1-2,5,7H,3-4,6,16H2,(H,17,18). The first-order valence-corrected chi connectivity index (χ1v) is 7.89. The van der Waals surface area contributed by atoms with E-state index in [4.69, 9.17) is 5.73 Å². The molecule has 5 nitrogen and oxygen atoms in total. The summed E-state index contributed by atoms with van der Waals surface area (Å²) in [7, 11) is -3.21. The Morgan fingerprint density at radius 3 is 2.48 bits per heavy atom. The third-order valence-corrected chi connectivity index (χ3v) is 5.01. The molecule has 1 saturated heterocycles. The molecule has 1 fully saturated rings. The fraction of sp³-hybridized carbons (Fsp3) is 0.417. The number of anilines is 2. The highest BCUT2D eigenvalue weighted by Crippen LogP contribution is 2.33. The number of halogens is 3. The summed E-state index contributed by atoms with van der Waals surface area (Å²) >= 11 is 0. The third kappa shape index (κ3) is 3.66. The van der Waals surface area contributed by atoms with E-state index in [2.05, 4.69) is 5.32 Å². The van der Waals surface area contributed by atoms with Gasteiger partial charge in [0, 0.05) is 0 Å². The van der Waals surface area contributed by atoms with Crippen molar-refractivity contribution in [1.82, 2.24) is 0 Å². The lowest BCUT2D eigenvalue weighted by Gasteiger charge is -2.13. The van der Waals surface area contributed by atoms with E-state index < -0.39 is 33.4 Å². The summed E-state index contributed by atoms with van der Waals surface area (Å²) in [6.45, 7) is 0. The molecule has 116 valence electrons. The molecule has 9 heteroatoms. The first-order valence-electron chi connectivity index (χ1n) is 6.06. The topological polar surface area (TPSA) is 89.3 Å². The van der Waals surface area contributed by atoms with Gasteiger partial charge in [-0.2, -0.15) is 13.2 Å². The number of hydrogen-bond donors (Lipinski definition) is 2. The zero-order chi connectivity index (χ0) is 15.8. The minimum Gasteiger partial charge on any atom is -0.397 e. The van der Waals surface area contributed by atoms with Gasteiger partial charge in [-0.15, -0.1) is 0 Å². The second-order valence-electron chi connectivity index (χ2n) is 4.89. The monoisotopic (exact) mass is 322 g/mol. The SMILES string of the molecule is Nc1cc(C(F)(F)F)ccc1NC(=O)C1CCS(=O)(=O)C1. The van der Waals surface area contributed by atoms with Crippen molar-refractivity contribution in [2.24, 2.45) is 5.92 Å². The van der Waals surface area contributed by atoms with E-state index in [1.54, 1.807) is 0 Å². The van der Waals surface area contributed by atoms with Gasteiger partial charge in [-0.25, -0.2) is 8.42 Å². The van der Waals surface area contributed by atoms with Crippen molar-refractivity contribution in [2.45, 2.75) is 12.6 Å². The molecule has 1 amide bonds. The maximum atomic E-state index is 12.5. The minimum absolute atomic E-state index is 0.0392. The Morgan fingerprint density at radius 2 is 2.00 bits per heavy atom. The number of nitrogens with one attached hydrogen (secondary N) is 1. The number of amides is 1. The number of hydrogen-bond acceptors (Lipinski definition) is 4. The van der Waals surface area contributed by atoms with Crippen LogP contribution < -0.4 is 11.1 Å². The van der Waals surface area contributed by atoms with Crippen LogP contribution in [0.25, 0.3) is 0 Å². The second kappa shape index (κ2) is 5.21. The van der Waals surface area contributed by atoms with Gasteiger partial charge in [0.2, 0.25) is 5.91 Å². The van der Waals surface area contributed by atoms with Gasteiger partial charge in [-0.05, 0) is 24.6 Å². The van der Waals surface area contributed by atoms with Crippen molar-refractivity contribution in [1.29, 1.82) is 0 Å². The highest BCUT2D eigenvalue weighted by atomic mass is 32.2. The molecule has 1 aromatic rings. The molecule has 0 spiro atoms. The third-order valence-electron chi connectivity index (χ3n) is 3.24. The van der Waals surface area contributed by atoms with Crippen molar-refractivity contribution < 1.29 is 26.4 Å².